The molecule has 10 heteroatoms. The number of nitrogens with one attached hydrogen (secondary N) is 1. The van der Waals surface area contributed by atoms with Gasteiger partial charge in [0.1, 0.15) is 12.4 Å². The molecule has 2 aliphatic heterocycles. The number of ether oxygens (including phenoxy) is 4. The van der Waals surface area contributed by atoms with Crippen molar-refractivity contribution in [2.24, 2.45) is 0 Å². The molecule has 0 spiro atoms. The van der Waals surface area contributed by atoms with Crippen LogP contribution in [0.15, 0.2) is 48.5 Å². The fraction of sp³-hybridized carbons (Fsp3) is 0.455. The Morgan fingerprint density at radius 3 is 2.74 bits per heavy atom. The Bertz CT molecular complexity index is 1450. The first-order valence-corrected chi connectivity index (χ1v) is 15.0. The maximum Gasteiger partial charge on any atom is 0.273 e. The molecule has 2 aromatic carbocycles. The van der Waals surface area contributed by atoms with E-state index in [1.807, 2.05) is 37.3 Å². The van der Waals surface area contributed by atoms with Gasteiger partial charge < -0.3 is 29.2 Å². The van der Waals surface area contributed by atoms with Crippen molar-refractivity contribution in [1.82, 2.24) is 4.98 Å². The summed E-state index contributed by atoms with van der Waals surface area (Å²) < 4.78 is 51.7. The molecule has 8 nitrogen and oxygen atoms in total. The number of benzene rings is 2. The summed E-state index contributed by atoms with van der Waals surface area (Å²) in [6.07, 6.45) is 2.96. The Morgan fingerprint density at radius 1 is 1.07 bits per heavy atom. The first-order chi connectivity index (χ1) is 20.9. The molecule has 3 heterocycles. The lowest BCUT2D eigenvalue weighted by atomic mass is 10.00. The van der Waals surface area contributed by atoms with E-state index in [9.17, 15) is 13.6 Å². The molecular weight excluding hydrogens is 556 g/mol. The molecule has 2 saturated heterocycles. The number of amides is 1. The van der Waals surface area contributed by atoms with Crippen molar-refractivity contribution in [2.75, 3.05) is 56.3 Å². The van der Waals surface area contributed by atoms with Gasteiger partial charge in [0.25, 0.3) is 11.8 Å². The van der Waals surface area contributed by atoms with Crippen LogP contribution < -0.4 is 15.0 Å². The number of morpholine rings is 1. The maximum atomic E-state index is 14.3. The number of nitrogens with zero attached hydrogens (tertiary/aromatic N) is 2. The predicted octanol–water partition coefficient (Wildman–Crippen LogP) is 6.11. The number of alkyl halides is 2. The van der Waals surface area contributed by atoms with E-state index in [0.717, 1.165) is 48.4 Å². The lowest BCUT2D eigenvalue weighted by Gasteiger charge is -2.28. The van der Waals surface area contributed by atoms with Gasteiger partial charge in [-0.2, -0.15) is 4.98 Å². The normalized spacial score (nSPS) is 19.6. The highest BCUT2D eigenvalue weighted by atomic mass is 19.3. The van der Waals surface area contributed by atoms with Crippen LogP contribution in [0.3, 0.4) is 0 Å². The average molecular weight is 594 g/mol. The van der Waals surface area contributed by atoms with Gasteiger partial charge in [-0.05, 0) is 85.2 Å². The lowest BCUT2D eigenvalue weighted by molar-refractivity contribution is -0.165. The second-order valence-corrected chi connectivity index (χ2v) is 11.2. The molecule has 1 atom stereocenters. The molecular formula is C33H37F2N3O5. The zero-order chi connectivity index (χ0) is 29.8. The third kappa shape index (κ3) is 6.98. The summed E-state index contributed by atoms with van der Waals surface area (Å²) in [5.41, 5.74) is 4.09. The van der Waals surface area contributed by atoms with Crippen molar-refractivity contribution in [3.63, 3.8) is 0 Å². The number of carbonyl (C=O) groups is 1. The zero-order valence-corrected chi connectivity index (χ0v) is 24.4. The van der Waals surface area contributed by atoms with Crippen LogP contribution in [0.25, 0.3) is 11.1 Å². The van der Waals surface area contributed by atoms with E-state index in [2.05, 4.69) is 10.2 Å². The highest BCUT2D eigenvalue weighted by Gasteiger charge is 2.39. The summed E-state index contributed by atoms with van der Waals surface area (Å²) >= 11 is 0. The molecule has 2 fully saturated rings. The summed E-state index contributed by atoms with van der Waals surface area (Å²) in [4.78, 5) is 20.0. The van der Waals surface area contributed by atoms with Gasteiger partial charge in [0.15, 0.2) is 6.29 Å². The highest BCUT2D eigenvalue weighted by molar-refractivity contribution is 6.04. The number of carbonyl (C=O) groups excluding carboxylic acids is 1. The Hall–Kier alpha value is -3.60. The summed E-state index contributed by atoms with van der Waals surface area (Å²) in [6.45, 7) is 6.10. The average Bonchev–Trinajstić information content (AvgIpc) is 3.34. The molecule has 1 N–H and O–H groups in total. The molecule has 3 aromatic rings. The molecule has 6 rings (SSSR count). The highest BCUT2D eigenvalue weighted by Crippen LogP contribution is 2.42. The van der Waals surface area contributed by atoms with Crippen LogP contribution in [-0.4, -0.2) is 63.3 Å². The van der Waals surface area contributed by atoms with Gasteiger partial charge in [-0.25, -0.2) is 8.78 Å². The number of aromatic nitrogens is 1. The molecule has 1 aliphatic carbocycles. The fourth-order valence-corrected chi connectivity index (χ4v) is 5.76. The summed E-state index contributed by atoms with van der Waals surface area (Å²) in [6, 6.07) is 14.1. The second kappa shape index (κ2) is 13.0. The van der Waals surface area contributed by atoms with E-state index < -0.39 is 11.8 Å². The lowest BCUT2D eigenvalue weighted by Crippen LogP contribution is -2.36. The number of aryl methyl sites for hydroxylation is 2. The topological polar surface area (TPSA) is 82.2 Å². The van der Waals surface area contributed by atoms with E-state index in [0.29, 0.717) is 63.1 Å². The molecule has 1 aromatic heterocycles. The zero-order valence-electron chi connectivity index (χ0n) is 24.4. The molecule has 1 amide bonds. The first-order valence-electron chi connectivity index (χ1n) is 15.0. The van der Waals surface area contributed by atoms with E-state index in [-0.39, 0.29) is 23.8 Å². The smallest absolute Gasteiger partial charge is 0.273 e. The standard InChI is InChI=1S/C33H37F2N3O5/c1-22-5-8-26(36-32(39)24-7-6-23-9-10-33(34,35)28(23)18-24)21-27(22)25-19-29(38-11-14-40-15-12-38)37-30(20-25)41-16-17-43-31-4-2-3-13-42-31/h5-8,18-21,31H,2-4,9-17H2,1H3,(H,36,39). The molecule has 0 saturated carbocycles. The van der Waals surface area contributed by atoms with Gasteiger partial charge in [0.05, 0.1) is 19.8 Å². The second-order valence-electron chi connectivity index (χ2n) is 11.2. The third-order valence-corrected chi connectivity index (χ3v) is 8.18. The number of rotatable bonds is 9. The number of fused-ring (bicyclic) bond motifs is 1. The van der Waals surface area contributed by atoms with Crippen LogP contribution in [0.5, 0.6) is 5.88 Å². The van der Waals surface area contributed by atoms with E-state index in [1.165, 1.54) is 6.07 Å². The van der Waals surface area contributed by atoms with E-state index in [1.54, 1.807) is 12.1 Å². The van der Waals surface area contributed by atoms with Crippen LogP contribution in [0.2, 0.25) is 0 Å². The van der Waals surface area contributed by atoms with Crippen molar-refractivity contribution in [1.29, 1.82) is 0 Å². The van der Waals surface area contributed by atoms with Crippen molar-refractivity contribution in [2.45, 2.75) is 51.2 Å². The molecule has 3 aliphatic rings. The van der Waals surface area contributed by atoms with Gasteiger partial charge in [-0.15, -0.1) is 0 Å². The number of anilines is 2. The largest absolute Gasteiger partial charge is 0.475 e. The SMILES string of the molecule is Cc1ccc(NC(=O)c2ccc3c(c2)C(F)(F)CC3)cc1-c1cc(OCCOC2CCCCO2)nc(N2CCOCC2)c1. The molecule has 228 valence electrons. The Morgan fingerprint density at radius 2 is 1.93 bits per heavy atom. The summed E-state index contributed by atoms with van der Waals surface area (Å²) in [5, 5.41) is 2.89. The monoisotopic (exact) mass is 593 g/mol. The van der Waals surface area contributed by atoms with Crippen LogP contribution in [0.4, 0.5) is 20.3 Å². The number of halogens is 2. The van der Waals surface area contributed by atoms with Crippen LogP contribution in [0, 0.1) is 6.92 Å². The molecule has 1 unspecified atom stereocenters. The third-order valence-electron chi connectivity index (χ3n) is 8.18. The van der Waals surface area contributed by atoms with Crippen LogP contribution in [0.1, 0.15) is 52.7 Å². The minimum Gasteiger partial charge on any atom is -0.475 e. The van der Waals surface area contributed by atoms with Crippen LogP contribution >= 0.6 is 0 Å². The van der Waals surface area contributed by atoms with Gasteiger partial charge in [0, 0.05) is 49.0 Å². The van der Waals surface area contributed by atoms with Crippen molar-refractivity contribution < 1.29 is 32.5 Å². The predicted molar refractivity (Wildman–Crippen MR) is 159 cm³/mol. The Balaban J connectivity index is 1.21. The summed E-state index contributed by atoms with van der Waals surface area (Å²) in [5.74, 6) is -2.09. The molecule has 43 heavy (non-hydrogen) atoms. The quantitative estimate of drug-likeness (QED) is 0.300. The minimum absolute atomic E-state index is 0.0543. The summed E-state index contributed by atoms with van der Waals surface area (Å²) in [7, 11) is 0. The van der Waals surface area contributed by atoms with Gasteiger partial charge in [-0.3, -0.25) is 4.79 Å². The first kappa shape index (κ1) is 29.5. The van der Waals surface area contributed by atoms with Gasteiger partial charge in [-0.1, -0.05) is 12.1 Å². The number of hydrogen-bond acceptors (Lipinski definition) is 7. The Labute approximate surface area is 250 Å². The van der Waals surface area contributed by atoms with E-state index in [4.69, 9.17) is 23.9 Å². The maximum absolute atomic E-state index is 14.3. The molecule has 0 radical (unpaired) electrons. The van der Waals surface area contributed by atoms with Crippen molar-refractivity contribution in [3.8, 4) is 17.0 Å². The number of hydrogen-bond donors (Lipinski definition) is 1. The van der Waals surface area contributed by atoms with Gasteiger partial charge >= 0.3 is 0 Å². The fourth-order valence-electron chi connectivity index (χ4n) is 5.76. The van der Waals surface area contributed by atoms with Gasteiger partial charge in [0.2, 0.25) is 5.88 Å². The number of pyridine rings is 1. The van der Waals surface area contributed by atoms with Crippen LogP contribution in [-0.2, 0) is 26.6 Å². The Kier molecular flexibility index (Phi) is 8.88. The van der Waals surface area contributed by atoms with Crippen molar-refractivity contribution >= 4 is 17.4 Å². The molecule has 0 bridgehead atoms. The van der Waals surface area contributed by atoms with Crippen molar-refractivity contribution in [3.05, 3.63) is 70.8 Å². The van der Waals surface area contributed by atoms with E-state index >= 15 is 0 Å². The minimum atomic E-state index is -2.91.